The van der Waals surface area contributed by atoms with Crippen molar-refractivity contribution in [3.63, 3.8) is 0 Å². The van der Waals surface area contributed by atoms with Crippen LogP contribution in [-0.2, 0) is 0 Å². The van der Waals surface area contributed by atoms with Crippen molar-refractivity contribution < 1.29 is 0 Å². The minimum Gasteiger partial charge on any atom is -0.0917 e. The lowest BCUT2D eigenvalue weighted by Gasteiger charge is -2.30. The number of rotatable bonds is 8. The summed E-state index contributed by atoms with van der Waals surface area (Å²) in [5.74, 6) is 0.834. The Morgan fingerprint density at radius 1 is 1.00 bits per heavy atom. The molecule has 0 aliphatic rings. The van der Waals surface area contributed by atoms with Gasteiger partial charge in [-0.25, -0.2) is 0 Å². The largest absolute Gasteiger partial charge is 0.0917 e. The Labute approximate surface area is 109 Å². The molecule has 0 amide bonds. The molecule has 0 heteroatoms. The Bertz CT molecular complexity index is 215. The van der Waals surface area contributed by atoms with E-state index in [0.717, 1.165) is 5.92 Å². The molecular formula is C17H32. The summed E-state index contributed by atoms with van der Waals surface area (Å²) in [7, 11) is 0. The summed E-state index contributed by atoms with van der Waals surface area (Å²) < 4.78 is 0. The first-order chi connectivity index (χ1) is 8.02. The molecule has 0 aromatic heterocycles. The average Bonchev–Trinajstić information content (AvgIpc) is 2.25. The Morgan fingerprint density at radius 3 is 2.18 bits per heavy atom. The van der Waals surface area contributed by atoms with Crippen molar-refractivity contribution in [2.75, 3.05) is 0 Å². The minimum atomic E-state index is 0.447. The van der Waals surface area contributed by atoms with Crippen LogP contribution in [0.3, 0.4) is 0 Å². The third-order valence-corrected chi connectivity index (χ3v) is 3.45. The molecule has 1 unspecified atom stereocenters. The van der Waals surface area contributed by atoms with E-state index in [9.17, 15) is 0 Å². The first-order valence-electron chi connectivity index (χ1n) is 7.28. The second-order valence-corrected chi connectivity index (χ2v) is 6.06. The van der Waals surface area contributed by atoms with E-state index < -0.39 is 0 Å². The predicted octanol–water partition coefficient (Wildman–Crippen LogP) is 6.14. The smallest absolute Gasteiger partial charge is 0.0316 e. The Morgan fingerprint density at radius 2 is 1.65 bits per heavy atom. The van der Waals surface area contributed by atoms with Crippen molar-refractivity contribution >= 4 is 0 Å². The van der Waals surface area contributed by atoms with E-state index in [1.54, 1.807) is 0 Å². The van der Waals surface area contributed by atoms with Gasteiger partial charge in [0.25, 0.3) is 0 Å². The van der Waals surface area contributed by atoms with Crippen LogP contribution in [0.25, 0.3) is 0 Å². The second kappa shape index (κ2) is 9.50. The molecule has 0 saturated heterocycles. The molecule has 0 aliphatic carbocycles. The van der Waals surface area contributed by atoms with E-state index in [-0.39, 0.29) is 0 Å². The van der Waals surface area contributed by atoms with Gasteiger partial charge in [-0.3, -0.25) is 0 Å². The van der Waals surface area contributed by atoms with Gasteiger partial charge in [0.15, 0.2) is 0 Å². The van der Waals surface area contributed by atoms with Gasteiger partial charge in [-0.2, -0.15) is 0 Å². The molecule has 0 nitrogen and oxygen atoms in total. The second-order valence-electron chi connectivity index (χ2n) is 6.06. The summed E-state index contributed by atoms with van der Waals surface area (Å²) in [6.45, 7) is 11.5. The standard InChI is InChI=1S/C17H32/c1-6-8-10-11-12-13-15-16(14-9-7-2)17(3,4)5/h6,8,12-13,16H,7,9-11,14-15H2,1-5H3/b8-6+,13-12+. The SMILES string of the molecule is C/C=C/CC/C=C/CC(CCCC)C(C)(C)C. The molecule has 0 aliphatic heterocycles. The van der Waals surface area contributed by atoms with Gasteiger partial charge in [-0.1, -0.05) is 64.8 Å². The maximum Gasteiger partial charge on any atom is -0.0316 e. The molecule has 0 N–H and O–H groups in total. The zero-order valence-corrected chi connectivity index (χ0v) is 12.6. The van der Waals surface area contributed by atoms with Gasteiger partial charge in [0.05, 0.1) is 0 Å². The monoisotopic (exact) mass is 236 g/mol. The van der Waals surface area contributed by atoms with Crippen LogP contribution in [-0.4, -0.2) is 0 Å². The molecule has 0 saturated carbocycles. The van der Waals surface area contributed by atoms with Gasteiger partial charge >= 0.3 is 0 Å². The summed E-state index contributed by atoms with van der Waals surface area (Å²) >= 11 is 0. The fourth-order valence-electron chi connectivity index (χ4n) is 2.09. The highest BCUT2D eigenvalue weighted by molar-refractivity contribution is 4.90. The van der Waals surface area contributed by atoms with Gasteiger partial charge in [-0.15, -0.1) is 0 Å². The van der Waals surface area contributed by atoms with Crippen molar-refractivity contribution in [3.8, 4) is 0 Å². The number of unbranched alkanes of at least 4 members (excludes halogenated alkanes) is 2. The van der Waals surface area contributed by atoms with Crippen molar-refractivity contribution in [2.45, 2.75) is 73.1 Å². The fourth-order valence-corrected chi connectivity index (χ4v) is 2.09. The molecule has 0 heterocycles. The zero-order chi connectivity index (χ0) is 13.1. The van der Waals surface area contributed by atoms with Gasteiger partial charge in [-0.05, 0) is 43.9 Å². The summed E-state index contributed by atoms with van der Waals surface area (Å²) in [5, 5.41) is 0. The van der Waals surface area contributed by atoms with Crippen LogP contribution in [0.4, 0.5) is 0 Å². The van der Waals surface area contributed by atoms with Crippen LogP contribution < -0.4 is 0 Å². The molecule has 0 spiro atoms. The molecule has 1 atom stereocenters. The van der Waals surface area contributed by atoms with E-state index in [2.05, 4.69) is 58.9 Å². The Balaban J connectivity index is 3.98. The molecule has 0 radical (unpaired) electrons. The summed E-state index contributed by atoms with van der Waals surface area (Å²) in [6.07, 6.45) is 16.8. The zero-order valence-electron chi connectivity index (χ0n) is 12.6. The van der Waals surface area contributed by atoms with Crippen molar-refractivity contribution in [3.05, 3.63) is 24.3 Å². The Hall–Kier alpha value is -0.520. The topological polar surface area (TPSA) is 0 Å². The van der Waals surface area contributed by atoms with Crippen molar-refractivity contribution in [1.82, 2.24) is 0 Å². The van der Waals surface area contributed by atoms with Gasteiger partial charge < -0.3 is 0 Å². The van der Waals surface area contributed by atoms with E-state index in [4.69, 9.17) is 0 Å². The summed E-state index contributed by atoms with van der Waals surface area (Å²) in [4.78, 5) is 0. The van der Waals surface area contributed by atoms with Gasteiger partial charge in [0.1, 0.15) is 0 Å². The molecular weight excluding hydrogens is 204 g/mol. The predicted molar refractivity (Wildman–Crippen MR) is 80.3 cm³/mol. The lowest BCUT2D eigenvalue weighted by atomic mass is 9.76. The van der Waals surface area contributed by atoms with Crippen molar-refractivity contribution in [2.24, 2.45) is 11.3 Å². The van der Waals surface area contributed by atoms with Crippen LogP contribution in [0, 0.1) is 11.3 Å². The van der Waals surface area contributed by atoms with Gasteiger partial charge in [0.2, 0.25) is 0 Å². The van der Waals surface area contributed by atoms with Crippen LogP contribution in [0.15, 0.2) is 24.3 Å². The first kappa shape index (κ1) is 16.5. The molecule has 0 rings (SSSR count). The van der Waals surface area contributed by atoms with E-state index in [1.807, 2.05) is 0 Å². The van der Waals surface area contributed by atoms with E-state index >= 15 is 0 Å². The first-order valence-corrected chi connectivity index (χ1v) is 7.28. The molecule has 0 fully saturated rings. The highest BCUT2D eigenvalue weighted by atomic mass is 14.3. The summed E-state index contributed by atoms with van der Waals surface area (Å²) in [6, 6.07) is 0. The average molecular weight is 236 g/mol. The summed E-state index contributed by atoms with van der Waals surface area (Å²) in [5.41, 5.74) is 0.447. The highest BCUT2D eigenvalue weighted by Gasteiger charge is 2.22. The Kier molecular flexibility index (Phi) is 9.21. The molecule has 0 aromatic rings. The normalized spacial score (nSPS) is 14.9. The maximum absolute atomic E-state index is 2.40. The number of hydrogen-bond acceptors (Lipinski definition) is 0. The van der Waals surface area contributed by atoms with E-state index in [0.29, 0.717) is 5.41 Å². The highest BCUT2D eigenvalue weighted by Crippen LogP contribution is 2.33. The number of hydrogen-bond donors (Lipinski definition) is 0. The third-order valence-electron chi connectivity index (χ3n) is 3.45. The lowest BCUT2D eigenvalue weighted by molar-refractivity contribution is 0.223. The van der Waals surface area contributed by atoms with Crippen LogP contribution in [0.2, 0.25) is 0 Å². The molecule has 0 aromatic carbocycles. The van der Waals surface area contributed by atoms with Crippen LogP contribution >= 0.6 is 0 Å². The van der Waals surface area contributed by atoms with Gasteiger partial charge in [0, 0.05) is 0 Å². The maximum atomic E-state index is 2.40. The third kappa shape index (κ3) is 9.21. The fraction of sp³-hybridized carbons (Fsp3) is 0.765. The molecule has 100 valence electrons. The minimum absolute atomic E-state index is 0.447. The van der Waals surface area contributed by atoms with E-state index in [1.165, 1.54) is 38.5 Å². The lowest BCUT2D eigenvalue weighted by Crippen LogP contribution is -2.19. The quantitative estimate of drug-likeness (QED) is 0.350. The molecule has 17 heavy (non-hydrogen) atoms. The van der Waals surface area contributed by atoms with Crippen LogP contribution in [0.1, 0.15) is 73.1 Å². The number of allylic oxidation sites excluding steroid dienone is 4. The van der Waals surface area contributed by atoms with Crippen molar-refractivity contribution in [1.29, 1.82) is 0 Å². The molecule has 0 bridgehead atoms. The van der Waals surface area contributed by atoms with Crippen LogP contribution in [0.5, 0.6) is 0 Å².